The van der Waals surface area contributed by atoms with E-state index in [1.165, 1.54) is 12.8 Å². The van der Waals surface area contributed by atoms with Crippen LogP contribution in [-0.4, -0.2) is 39.5 Å². The minimum Gasteiger partial charge on any atom is -0.303 e. The lowest BCUT2D eigenvalue weighted by Crippen LogP contribution is -2.31. The van der Waals surface area contributed by atoms with Crippen molar-refractivity contribution in [2.24, 2.45) is 0 Å². The first-order chi connectivity index (χ1) is 9.99. The predicted octanol–water partition coefficient (Wildman–Crippen LogP) is 2.78. The number of rotatable bonds is 5. The van der Waals surface area contributed by atoms with Gasteiger partial charge in [-0.3, -0.25) is 0 Å². The van der Waals surface area contributed by atoms with Crippen LogP contribution in [0.5, 0.6) is 0 Å². The average Bonchev–Trinajstić information content (AvgIpc) is 2.87. The highest BCUT2D eigenvalue weighted by Crippen LogP contribution is 2.17. The van der Waals surface area contributed by atoms with Crippen LogP contribution in [-0.2, 0) is 10.0 Å². The molecule has 0 saturated carbocycles. The van der Waals surface area contributed by atoms with Crippen molar-refractivity contribution in [1.82, 2.24) is 9.62 Å². The summed E-state index contributed by atoms with van der Waals surface area (Å²) in [4.78, 5) is 2.65. The number of benzene rings is 1. The zero-order valence-electron chi connectivity index (χ0n) is 13.6. The molecule has 1 aromatic rings. The summed E-state index contributed by atoms with van der Waals surface area (Å²) in [5.41, 5.74) is 1.06. The third kappa shape index (κ3) is 5.41. The van der Waals surface area contributed by atoms with Gasteiger partial charge in [0, 0.05) is 12.6 Å². The summed E-state index contributed by atoms with van der Waals surface area (Å²) in [6.45, 7) is 7.57. The van der Waals surface area contributed by atoms with Gasteiger partial charge in [-0.05, 0) is 51.9 Å². The fourth-order valence-electron chi connectivity index (χ4n) is 2.50. The Bertz CT molecular complexity index is 512. The van der Waals surface area contributed by atoms with Crippen LogP contribution in [0.4, 0.5) is 0 Å². The number of nitrogens with one attached hydrogen (secondary N) is 1. The average molecular weight is 312 g/mol. The monoisotopic (exact) mass is 312 g/mol. The third-order valence-corrected chi connectivity index (χ3v) is 5.25. The van der Waals surface area contributed by atoms with Crippen LogP contribution >= 0.6 is 0 Å². The van der Waals surface area contributed by atoms with Crippen molar-refractivity contribution in [3.8, 4) is 0 Å². The minimum atomic E-state index is -3.35. The molecular formula is C16H28N2O2S. The quantitative estimate of drug-likeness (QED) is 0.909. The molecule has 120 valence electrons. The third-order valence-electron chi connectivity index (χ3n) is 3.77. The first-order valence-electron chi connectivity index (χ1n) is 7.75. The summed E-state index contributed by atoms with van der Waals surface area (Å²) in [6.07, 6.45) is 3.26. The number of sulfonamides is 1. The van der Waals surface area contributed by atoms with Crippen LogP contribution in [0.1, 0.15) is 38.7 Å². The summed E-state index contributed by atoms with van der Waals surface area (Å²) in [5, 5.41) is 0. The normalized spacial score (nSPS) is 19.1. The Morgan fingerprint density at radius 2 is 1.86 bits per heavy atom. The zero-order valence-corrected chi connectivity index (χ0v) is 14.4. The molecule has 1 aliphatic rings. The van der Waals surface area contributed by atoms with Gasteiger partial charge in [0.05, 0.1) is 4.90 Å². The lowest BCUT2D eigenvalue weighted by atomic mass is 10.1. The molecule has 4 nitrogen and oxygen atoms in total. The molecule has 0 radical (unpaired) electrons. The van der Waals surface area contributed by atoms with Crippen molar-refractivity contribution >= 4 is 10.0 Å². The Balaban J connectivity index is 0.00000106. The van der Waals surface area contributed by atoms with E-state index in [1.54, 1.807) is 12.1 Å². The van der Waals surface area contributed by atoms with Gasteiger partial charge in [-0.1, -0.05) is 31.5 Å². The highest BCUT2D eigenvalue weighted by atomic mass is 32.2. The molecule has 1 aliphatic heterocycles. The van der Waals surface area contributed by atoms with E-state index in [2.05, 4.69) is 16.7 Å². The van der Waals surface area contributed by atoms with Crippen LogP contribution in [0.2, 0.25) is 0 Å². The van der Waals surface area contributed by atoms with E-state index < -0.39 is 10.0 Å². The number of aryl methyl sites for hydroxylation is 1. The largest absolute Gasteiger partial charge is 0.303 e. The second-order valence-corrected chi connectivity index (χ2v) is 7.04. The summed E-state index contributed by atoms with van der Waals surface area (Å²) in [5.74, 6) is 0. The van der Waals surface area contributed by atoms with Crippen molar-refractivity contribution < 1.29 is 8.42 Å². The van der Waals surface area contributed by atoms with Crippen molar-refractivity contribution in [3.05, 3.63) is 29.8 Å². The Kier molecular flexibility index (Phi) is 7.35. The fraction of sp³-hybridized carbons (Fsp3) is 0.625. The molecule has 0 aromatic heterocycles. The standard InChI is InChI=1S/C14H22N2O2S.C2H6/c1-12-5-7-14(8-6-12)19(17,18)15-10-9-13-4-3-11-16(13)2;1-2/h5-8,13,15H,3-4,9-11H2,1-2H3;1-2H3. The molecule has 0 amide bonds. The van der Waals surface area contributed by atoms with Gasteiger partial charge in [0.25, 0.3) is 0 Å². The minimum absolute atomic E-state index is 0.345. The van der Waals surface area contributed by atoms with Gasteiger partial charge in [-0.25, -0.2) is 13.1 Å². The van der Waals surface area contributed by atoms with Gasteiger partial charge in [0.15, 0.2) is 0 Å². The van der Waals surface area contributed by atoms with Crippen molar-refractivity contribution in [3.63, 3.8) is 0 Å². The Hall–Kier alpha value is -0.910. The Morgan fingerprint density at radius 1 is 1.24 bits per heavy atom. The molecule has 1 aromatic carbocycles. The van der Waals surface area contributed by atoms with E-state index in [9.17, 15) is 8.42 Å². The second kappa shape index (κ2) is 8.51. The van der Waals surface area contributed by atoms with Gasteiger partial charge < -0.3 is 4.90 Å². The van der Waals surface area contributed by atoms with Crippen molar-refractivity contribution in [1.29, 1.82) is 0 Å². The summed E-state index contributed by atoms with van der Waals surface area (Å²) < 4.78 is 26.8. The Morgan fingerprint density at radius 3 is 2.38 bits per heavy atom. The van der Waals surface area contributed by atoms with Gasteiger partial charge in [-0.2, -0.15) is 0 Å². The van der Waals surface area contributed by atoms with E-state index >= 15 is 0 Å². The van der Waals surface area contributed by atoms with E-state index in [1.807, 2.05) is 32.9 Å². The molecule has 5 heteroatoms. The second-order valence-electron chi connectivity index (χ2n) is 5.28. The van der Waals surface area contributed by atoms with E-state index in [0.29, 0.717) is 17.5 Å². The van der Waals surface area contributed by atoms with Crippen LogP contribution in [0, 0.1) is 6.92 Å². The maximum Gasteiger partial charge on any atom is 0.240 e. The van der Waals surface area contributed by atoms with Crippen LogP contribution < -0.4 is 4.72 Å². The number of hydrogen-bond donors (Lipinski definition) is 1. The van der Waals surface area contributed by atoms with Crippen molar-refractivity contribution in [2.45, 2.75) is 51.0 Å². The molecule has 1 atom stereocenters. The summed E-state index contributed by atoms with van der Waals surface area (Å²) in [6, 6.07) is 7.46. The van der Waals surface area contributed by atoms with E-state index in [-0.39, 0.29) is 0 Å². The summed E-state index contributed by atoms with van der Waals surface area (Å²) >= 11 is 0. The molecular weight excluding hydrogens is 284 g/mol. The fourth-order valence-corrected chi connectivity index (χ4v) is 3.55. The zero-order chi connectivity index (χ0) is 15.9. The Labute approximate surface area is 129 Å². The molecule has 2 rings (SSSR count). The lowest BCUT2D eigenvalue weighted by molar-refractivity contribution is 0.297. The van der Waals surface area contributed by atoms with E-state index in [0.717, 1.165) is 18.5 Å². The molecule has 21 heavy (non-hydrogen) atoms. The molecule has 1 saturated heterocycles. The summed E-state index contributed by atoms with van der Waals surface area (Å²) in [7, 11) is -1.25. The van der Waals surface area contributed by atoms with Crippen molar-refractivity contribution in [2.75, 3.05) is 20.1 Å². The molecule has 1 unspecified atom stereocenters. The lowest BCUT2D eigenvalue weighted by Gasteiger charge is -2.19. The van der Waals surface area contributed by atoms with Gasteiger partial charge in [0.1, 0.15) is 0 Å². The maximum atomic E-state index is 12.1. The maximum absolute atomic E-state index is 12.1. The number of likely N-dealkylation sites (tertiary alicyclic amines) is 1. The predicted molar refractivity (Wildman–Crippen MR) is 88.0 cm³/mol. The molecule has 0 spiro atoms. The molecule has 1 N–H and O–H groups in total. The molecule has 0 aliphatic carbocycles. The van der Waals surface area contributed by atoms with Crippen LogP contribution in [0.3, 0.4) is 0 Å². The number of hydrogen-bond acceptors (Lipinski definition) is 3. The van der Waals surface area contributed by atoms with Gasteiger partial charge >= 0.3 is 0 Å². The number of nitrogens with zero attached hydrogens (tertiary/aromatic N) is 1. The topological polar surface area (TPSA) is 49.4 Å². The van der Waals surface area contributed by atoms with Crippen LogP contribution in [0.25, 0.3) is 0 Å². The molecule has 1 heterocycles. The van der Waals surface area contributed by atoms with Gasteiger partial charge in [-0.15, -0.1) is 0 Å². The van der Waals surface area contributed by atoms with Crippen LogP contribution in [0.15, 0.2) is 29.2 Å². The first-order valence-corrected chi connectivity index (χ1v) is 9.24. The highest BCUT2D eigenvalue weighted by molar-refractivity contribution is 7.89. The molecule has 0 bridgehead atoms. The highest BCUT2D eigenvalue weighted by Gasteiger charge is 2.21. The first kappa shape index (κ1) is 18.1. The van der Waals surface area contributed by atoms with E-state index in [4.69, 9.17) is 0 Å². The SMILES string of the molecule is CC.Cc1ccc(S(=O)(=O)NCCC2CCCN2C)cc1. The molecule has 1 fully saturated rings. The van der Waals surface area contributed by atoms with Gasteiger partial charge in [0.2, 0.25) is 10.0 Å². The smallest absolute Gasteiger partial charge is 0.240 e.